The Kier molecular flexibility index (Phi) is 8.01. The van der Waals surface area contributed by atoms with Gasteiger partial charge < -0.3 is 9.47 Å². The Hall–Kier alpha value is 0.510. The van der Waals surface area contributed by atoms with E-state index in [1.807, 2.05) is 0 Å². The Morgan fingerprint density at radius 1 is 1.25 bits per heavy atom. The van der Waals surface area contributed by atoms with Crippen LogP contribution in [0.4, 0.5) is 0 Å². The lowest BCUT2D eigenvalue weighted by molar-refractivity contribution is -0.146. The normalized spacial score (nSPS) is 13.1. The van der Waals surface area contributed by atoms with Crippen LogP contribution in [0.25, 0.3) is 0 Å². The molecule has 4 nitrogen and oxygen atoms in total. The number of hydrogen-bond donors (Lipinski definition) is 0. The number of carbonyl (C=O) groups excluding carboxylic acids is 2. The molecule has 0 aliphatic heterocycles. The number of alkyl halides is 3. The second-order valence-electron chi connectivity index (χ2n) is 2.42. The Labute approximate surface area is 116 Å². The second kappa shape index (κ2) is 7.76. The van der Waals surface area contributed by atoms with Gasteiger partial charge in [0.15, 0.2) is 0 Å². The van der Waals surface area contributed by atoms with Crippen LogP contribution in [-0.2, 0) is 19.1 Å². The maximum atomic E-state index is 11.3. The molecule has 0 bridgehead atoms. The Balaban J connectivity index is 4.33. The van der Waals surface area contributed by atoms with Crippen molar-refractivity contribution >= 4 is 68.3 Å². The molecule has 0 aromatic heterocycles. The first-order chi connectivity index (χ1) is 7.30. The highest BCUT2D eigenvalue weighted by Gasteiger charge is 2.29. The zero-order valence-corrected chi connectivity index (χ0v) is 12.3. The van der Waals surface area contributed by atoms with Crippen molar-refractivity contribution in [3.8, 4) is 0 Å². The maximum absolute atomic E-state index is 11.3. The highest BCUT2D eigenvalue weighted by Crippen LogP contribution is 2.48. The summed E-state index contributed by atoms with van der Waals surface area (Å²) < 4.78 is 7.39. The molecule has 0 aromatic carbocycles. The van der Waals surface area contributed by atoms with Gasteiger partial charge in [-0.15, -0.1) is 0 Å². The molecule has 1 atom stereocenters. The highest BCUT2D eigenvalue weighted by atomic mass is 35.6. The fraction of sp³-hybridized carbons (Fsp3) is 0.714. The number of halogens is 3. The van der Waals surface area contributed by atoms with Gasteiger partial charge in [0.2, 0.25) is 3.12 Å². The molecule has 0 radical (unpaired) electrons. The summed E-state index contributed by atoms with van der Waals surface area (Å²) >= 11 is 16.5. The van der Waals surface area contributed by atoms with Crippen LogP contribution in [0.2, 0.25) is 0 Å². The van der Waals surface area contributed by atoms with Crippen molar-refractivity contribution in [1.82, 2.24) is 0 Å². The van der Waals surface area contributed by atoms with Crippen molar-refractivity contribution in [1.29, 1.82) is 0 Å². The minimum Gasteiger partial charge on any atom is -0.469 e. The minimum absolute atomic E-state index is 0.137. The molecule has 0 spiro atoms. The van der Waals surface area contributed by atoms with Gasteiger partial charge in [-0.25, -0.2) is 0 Å². The van der Waals surface area contributed by atoms with Gasteiger partial charge in [-0.1, -0.05) is 45.6 Å². The summed E-state index contributed by atoms with van der Waals surface area (Å²) in [7, 11) is 4.23. The third kappa shape index (κ3) is 7.73. The first kappa shape index (κ1) is 16.5. The molecule has 0 aliphatic rings. The predicted molar refractivity (Wildman–Crippen MR) is 67.9 cm³/mol. The average molecular weight is 328 g/mol. The molecular formula is C7H9Cl3O4S2. The summed E-state index contributed by atoms with van der Waals surface area (Å²) in [5.41, 5.74) is 0. The van der Waals surface area contributed by atoms with Gasteiger partial charge in [0.25, 0.3) is 0 Å². The number of esters is 2. The molecule has 16 heavy (non-hydrogen) atoms. The molecule has 0 amide bonds. The molecule has 94 valence electrons. The van der Waals surface area contributed by atoms with Gasteiger partial charge in [-0.2, -0.15) is 0 Å². The van der Waals surface area contributed by atoms with E-state index in [1.54, 1.807) is 0 Å². The van der Waals surface area contributed by atoms with Crippen LogP contribution in [0.15, 0.2) is 0 Å². The van der Waals surface area contributed by atoms with Gasteiger partial charge in [0.05, 0.1) is 20.6 Å². The zero-order chi connectivity index (χ0) is 12.8. The van der Waals surface area contributed by atoms with E-state index >= 15 is 0 Å². The van der Waals surface area contributed by atoms with Crippen LogP contribution < -0.4 is 0 Å². The molecule has 9 heteroatoms. The molecular weight excluding hydrogens is 319 g/mol. The molecule has 0 saturated carbocycles. The number of hydrogen-bond acceptors (Lipinski definition) is 6. The molecule has 0 N–H and O–H groups in total. The molecule has 0 rings (SSSR count). The van der Waals surface area contributed by atoms with Crippen LogP contribution in [-0.4, -0.2) is 34.5 Å². The third-order valence-electron chi connectivity index (χ3n) is 1.30. The Morgan fingerprint density at radius 3 is 2.19 bits per heavy atom. The van der Waals surface area contributed by atoms with Crippen molar-refractivity contribution in [3.05, 3.63) is 0 Å². The molecule has 1 unspecified atom stereocenters. The number of methoxy groups -OCH3 is 2. The van der Waals surface area contributed by atoms with Crippen LogP contribution in [0.5, 0.6) is 0 Å². The molecule has 0 aromatic rings. The summed E-state index contributed by atoms with van der Waals surface area (Å²) in [6, 6.07) is 0. The summed E-state index contributed by atoms with van der Waals surface area (Å²) in [4.78, 5) is 22.3. The van der Waals surface area contributed by atoms with Gasteiger partial charge in [0.1, 0.15) is 5.25 Å². The summed E-state index contributed by atoms with van der Waals surface area (Å²) in [5.74, 6) is -1.11. The van der Waals surface area contributed by atoms with E-state index in [1.165, 1.54) is 14.2 Å². The van der Waals surface area contributed by atoms with Gasteiger partial charge in [-0.05, 0) is 10.8 Å². The van der Waals surface area contributed by atoms with Gasteiger partial charge in [0, 0.05) is 0 Å². The standard InChI is InChI=1S/C7H9Cl3O4S2/c1-13-5(11)3-4(6(12)14-2)15-16-7(8,9)10/h4H,3H2,1-2H3. The van der Waals surface area contributed by atoms with Crippen molar-refractivity contribution in [2.75, 3.05) is 14.2 Å². The second-order valence-corrected chi connectivity index (χ2v) is 7.99. The summed E-state index contributed by atoms with van der Waals surface area (Å²) in [5, 5.41) is -0.766. The highest BCUT2D eigenvalue weighted by molar-refractivity contribution is 8.78. The molecule has 0 aliphatic carbocycles. The summed E-state index contributed by atoms with van der Waals surface area (Å²) in [6.45, 7) is 0. The fourth-order valence-corrected chi connectivity index (χ4v) is 3.34. The van der Waals surface area contributed by atoms with E-state index in [-0.39, 0.29) is 6.42 Å². The van der Waals surface area contributed by atoms with Crippen molar-refractivity contribution in [3.63, 3.8) is 0 Å². The lowest BCUT2D eigenvalue weighted by Crippen LogP contribution is -2.22. The van der Waals surface area contributed by atoms with Crippen molar-refractivity contribution < 1.29 is 19.1 Å². The first-order valence-electron chi connectivity index (χ1n) is 3.86. The summed E-state index contributed by atoms with van der Waals surface area (Å²) in [6.07, 6.45) is -0.137. The van der Waals surface area contributed by atoms with E-state index in [2.05, 4.69) is 9.47 Å². The zero-order valence-electron chi connectivity index (χ0n) is 8.37. The maximum Gasteiger partial charge on any atom is 0.320 e. The number of rotatable bonds is 5. The van der Waals surface area contributed by atoms with E-state index in [0.29, 0.717) is 0 Å². The van der Waals surface area contributed by atoms with Crippen LogP contribution in [0, 0.1) is 0 Å². The number of carbonyl (C=O) groups is 2. The topological polar surface area (TPSA) is 52.6 Å². The van der Waals surface area contributed by atoms with Crippen LogP contribution in [0.3, 0.4) is 0 Å². The Bertz CT molecular complexity index is 257. The Morgan fingerprint density at radius 2 is 1.81 bits per heavy atom. The SMILES string of the molecule is COC(=O)CC(SSC(Cl)(Cl)Cl)C(=O)OC. The van der Waals surface area contributed by atoms with E-state index < -0.39 is 20.3 Å². The van der Waals surface area contributed by atoms with Crippen molar-refractivity contribution in [2.24, 2.45) is 0 Å². The smallest absolute Gasteiger partial charge is 0.320 e. The lowest BCUT2D eigenvalue weighted by Gasteiger charge is -2.15. The monoisotopic (exact) mass is 326 g/mol. The number of ether oxygens (including phenoxy) is 2. The van der Waals surface area contributed by atoms with Crippen LogP contribution in [0.1, 0.15) is 6.42 Å². The average Bonchev–Trinajstić information content (AvgIpc) is 2.21. The van der Waals surface area contributed by atoms with Gasteiger partial charge >= 0.3 is 11.9 Å². The first-order valence-corrected chi connectivity index (χ1v) is 7.20. The molecule has 0 fully saturated rings. The third-order valence-corrected chi connectivity index (χ3v) is 5.43. The predicted octanol–water partition coefficient (Wildman–Crippen LogP) is 2.80. The largest absolute Gasteiger partial charge is 0.469 e. The molecule has 0 saturated heterocycles. The van der Waals surface area contributed by atoms with Gasteiger partial charge in [-0.3, -0.25) is 9.59 Å². The molecule has 0 heterocycles. The fourth-order valence-electron chi connectivity index (χ4n) is 0.635. The minimum atomic E-state index is -1.56. The van der Waals surface area contributed by atoms with E-state index in [4.69, 9.17) is 34.8 Å². The van der Waals surface area contributed by atoms with E-state index in [0.717, 1.165) is 21.6 Å². The quantitative estimate of drug-likeness (QED) is 0.440. The van der Waals surface area contributed by atoms with E-state index in [9.17, 15) is 9.59 Å². The lowest BCUT2D eigenvalue weighted by atomic mass is 10.3. The van der Waals surface area contributed by atoms with Crippen molar-refractivity contribution in [2.45, 2.75) is 14.8 Å². The van der Waals surface area contributed by atoms with Crippen LogP contribution >= 0.6 is 56.4 Å².